The van der Waals surface area contributed by atoms with Crippen LogP contribution in [0.25, 0.3) is 0 Å². The van der Waals surface area contributed by atoms with Crippen molar-refractivity contribution in [2.75, 3.05) is 13.1 Å². The molecule has 3 aromatic carbocycles. The molecule has 44 heavy (non-hydrogen) atoms. The predicted octanol–water partition coefficient (Wildman–Crippen LogP) is 8.07. The lowest BCUT2D eigenvalue weighted by atomic mass is 10.1. The molecule has 0 atom stereocenters. The van der Waals surface area contributed by atoms with Crippen molar-refractivity contribution in [3.8, 4) is 0 Å². The maximum atomic E-state index is 14.9. The lowest BCUT2D eigenvalue weighted by Gasteiger charge is -2.41. The van der Waals surface area contributed by atoms with Gasteiger partial charge in [-0.1, -0.05) is 36.4 Å². The Hall–Kier alpha value is -3.28. The average Bonchev–Trinajstić information content (AvgIpc) is 2.98. The molecule has 0 bridgehead atoms. The molecule has 0 fully saturated rings. The van der Waals surface area contributed by atoms with Crippen LogP contribution >= 0.6 is 10.3 Å². The summed E-state index contributed by atoms with van der Waals surface area (Å²) in [7, 11) is -11.5. The van der Waals surface area contributed by atoms with Gasteiger partial charge in [-0.2, -0.15) is 47.9 Å². The standard InChI is InChI=1S/C27H24F9NO5S2/c1-3-37(4-2)41-23(38)19-15-17-22(18-16-19)43(20-11-7-5-8-12-20,21-13-9-6-10-14-21)42-44(39,40)27(35,36)25(30,31)24(28,29)26(32,33)34/h5-18H,3-4H2,1-2H3. The van der Waals surface area contributed by atoms with Crippen molar-refractivity contribution in [3.63, 3.8) is 0 Å². The van der Waals surface area contributed by atoms with Gasteiger partial charge in [0, 0.05) is 27.8 Å². The van der Waals surface area contributed by atoms with Gasteiger partial charge in [0.15, 0.2) is 0 Å². The molecule has 0 aromatic heterocycles. The minimum atomic E-state index is -7.51. The summed E-state index contributed by atoms with van der Waals surface area (Å²) in [5.74, 6) is -15.9. The molecule has 0 aliphatic heterocycles. The normalized spacial score (nSPS) is 14.0. The molecule has 0 spiro atoms. The van der Waals surface area contributed by atoms with Crippen LogP contribution in [0.15, 0.2) is 99.6 Å². The van der Waals surface area contributed by atoms with Gasteiger partial charge in [0.05, 0.1) is 5.56 Å². The molecule has 17 heteroatoms. The summed E-state index contributed by atoms with van der Waals surface area (Å²) in [6, 6.07) is 16.8. The first-order valence-corrected chi connectivity index (χ1v) is 15.4. The molecule has 0 aliphatic rings. The minimum Gasteiger partial charge on any atom is -0.364 e. The van der Waals surface area contributed by atoms with Crippen LogP contribution < -0.4 is 0 Å². The fourth-order valence-corrected chi connectivity index (χ4v) is 8.97. The van der Waals surface area contributed by atoms with E-state index in [2.05, 4.69) is 0 Å². The lowest BCUT2D eigenvalue weighted by Crippen LogP contribution is -2.63. The van der Waals surface area contributed by atoms with Gasteiger partial charge >= 0.3 is 39.4 Å². The van der Waals surface area contributed by atoms with Gasteiger partial charge in [0.1, 0.15) is 0 Å². The number of hydrogen-bond acceptors (Lipinski definition) is 6. The molecule has 0 radical (unpaired) electrons. The molecule has 242 valence electrons. The van der Waals surface area contributed by atoms with Gasteiger partial charge in [-0.25, -0.2) is 8.42 Å². The van der Waals surface area contributed by atoms with Gasteiger partial charge in [-0.05, 0) is 72.7 Å². The molecule has 0 aliphatic carbocycles. The van der Waals surface area contributed by atoms with Crippen molar-refractivity contribution in [2.45, 2.75) is 51.8 Å². The van der Waals surface area contributed by atoms with Gasteiger partial charge in [-0.3, -0.25) is 0 Å². The Morgan fingerprint density at radius 3 is 1.45 bits per heavy atom. The van der Waals surface area contributed by atoms with E-state index in [0.29, 0.717) is 13.1 Å². The Morgan fingerprint density at radius 1 is 0.659 bits per heavy atom. The Labute approximate surface area is 248 Å². The third-order valence-electron chi connectivity index (χ3n) is 6.11. The summed E-state index contributed by atoms with van der Waals surface area (Å²) in [6.07, 6.45) is -7.26. The highest BCUT2D eigenvalue weighted by atomic mass is 32.3. The molecule has 6 nitrogen and oxygen atoms in total. The SMILES string of the molecule is CCN(CC)OC(=O)c1ccc(S(OS(=O)(=O)C(F)(F)C(F)(F)C(F)(F)C(F)(F)F)(c2ccccc2)c2ccccc2)cc1. The molecular formula is C27H24F9NO5S2. The zero-order chi connectivity index (χ0) is 33.2. The molecule has 3 rings (SSSR count). The molecule has 0 saturated heterocycles. The summed E-state index contributed by atoms with van der Waals surface area (Å²) < 4.78 is 155. The molecular weight excluding hydrogens is 653 g/mol. The first-order valence-electron chi connectivity index (χ1n) is 12.5. The minimum absolute atomic E-state index is 0.125. The Bertz CT molecular complexity index is 1490. The second kappa shape index (κ2) is 12.6. The van der Waals surface area contributed by atoms with Crippen LogP contribution in [0.4, 0.5) is 39.5 Å². The summed E-state index contributed by atoms with van der Waals surface area (Å²) in [4.78, 5) is 16.9. The van der Waals surface area contributed by atoms with E-state index >= 15 is 0 Å². The fraction of sp³-hybridized carbons (Fsp3) is 0.296. The van der Waals surface area contributed by atoms with Crippen LogP contribution in [0.3, 0.4) is 0 Å². The van der Waals surface area contributed by atoms with Gasteiger partial charge in [0.2, 0.25) is 0 Å². The topological polar surface area (TPSA) is 72.9 Å². The number of carbonyl (C=O) groups is 1. The zero-order valence-corrected chi connectivity index (χ0v) is 24.3. The van der Waals surface area contributed by atoms with Crippen LogP contribution in [0.1, 0.15) is 24.2 Å². The van der Waals surface area contributed by atoms with E-state index in [0.717, 1.165) is 48.5 Å². The molecule has 0 amide bonds. The first kappa shape index (κ1) is 35.2. The van der Waals surface area contributed by atoms with Gasteiger partial charge in [-0.15, -0.1) is 5.06 Å². The van der Waals surface area contributed by atoms with Crippen LogP contribution in [0.2, 0.25) is 0 Å². The third-order valence-corrected chi connectivity index (χ3v) is 11.3. The van der Waals surface area contributed by atoms with Crippen molar-refractivity contribution < 1.29 is 61.2 Å². The van der Waals surface area contributed by atoms with Gasteiger partial charge < -0.3 is 4.84 Å². The van der Waals surface area contributed by atoms with Crippen molar-refractivity contribution in [1.82, 2.24) is 5.06 Å². The number of benzene rings is 3. The van der Waals surface area contributed by atoms with Crippen molar-refractivity contribution >= 4 is 26.4 Å². The van der Waals surface area contributed by atoms with E-state index in [1.165, 1.54) is 41.5 Å². The monoisotopic (exact) mass is 677 g/mol. The Kier molecular flexibility index (Phi) is 10.1. The highest BCUT2D eigenvalue weighted by molar-refractivity contribution is 8.33. The number of rotatable bonds is 12. The van der Waals surface area contributed by atoms with Crippen LogP contribution in [-0.4, -0.2) is 55.8 Å². The van der Waals surface area contributed by atoms with E-state index in [-0.39, 0.29) is 20.2 Å². The lowest BCUT2D eigenvalue weighted by molar-refractivity contribution is -0.382. The number of carbonyl (C=O) groups excluding carboxylic acids is 1. The van der Waals surface area contributed by atoms with Crippen LogP contribution in [-0.2, 0) is 18.6 Å². The number of alkyl halides is 9. The van der Waals surface area contributed by atoms with Crippen molar-refractivity contribution in [2.24, 2.45) is 0 Å². The average molecular weight is 678 g/mol. The van der Waals surface area contributed by atoms with E-state index in [1.54, 1.807) is 13.8 Å². The number of nitrogens with zero attached hydrogens (tertiary/aromatic N) is 1. The highest BCUT2D eigenvalue weighted by Crippen LogP contribution is 2.71. The number of hydroxylamine groups is 2. The number of hydrogen-bond donors (Lipinski definition) is 0. The maximum Gasteiger partial charge on any atom is 0.460 e. The Morgan fingerprint density at radius 2 is 1.07 bits per heavy atom. The molecule has 0 saturated carbocycles. The largest absolute Gasteiger partial charge is 0.460 e. The highest BCUT2D eigenvalue weighted by Gasteiger charge is 2.86. The van der Waals surface area contributed by atoms with E-state index in [1.807, 2.05) is 0 Å². The second-order valence-corrected chi connectivity index (χ2v) is 13.4. The quantitative estimate of drug-likeness (QED) is 0.143. The third kappa shape index (κ3) is 6.14. The second-order valence-electron chi connectivity index (χ2n) is 8.89. The fourth-order valence-electron chi connectivity index (χ4n) is 3.75. The Balaban J connectivity index is 2.29. The number of halogens is 9. The van der Waals surface area contributed by atoms with Crippen molar-refractivity contribution in [1.29, 1.82) is 0 Å². The summed E-state index contributed by atoms with van der Waals surface area (Å²) in [5.41, 5.74) is -0.125. The zero-order valence-electron chi connectivity index (χ0n) is 22.7. The van der Waals surface area contributed by atoms with E-state index in [4.69, 9.17) is 8.47 Å². The van der Waals surface area contributed by atoms with Crippen LogP contribution in [0.5, 0.6) is 0 Å². The summed E-state index contributed by atoms with van der Waals surface area (Å²) >= 11 is 0. The van der Waals surface area contributed by atoms with E-state index < -0.39 is 49.7 Å². The van der Waals surface area contributed by atoms with Gasteiger partial charge in [0.25, 0.3) is 0 Å². The molecule has 3 aromatic rings. The summed E-state index contributed by atoms with van der Waals surface area (Å²) in [6.45, 7) is 4.01. The smallest absolute Gasteiger partial charge is 0.364 e. The van der Waals surface area contributed by atoms with E-state index in [9.17, 15) is 52.7 Å². The molecule has 0 heterocycles. The first-order chi connectivity index (χ1) is 20.3. The van der Waals surface area contributed by atoms with Crippen LogP contribution in [0, 0.1) is 0 Å². The molecule has 0 N–H and O–H groups in total. The van der Waals surface area contributed by atoms with Crippen molar-refractivity contribution in [3.05, 3.63) is 90.5 Å². The maximum absolute atomic E-state index is 14.9. The summed E-state index contributed by atoms with van der Waals surface area (Å²) in [5, 5.41) is -5.82. The molecule has 0 unspecified atom stereocenters. The predicted molar refractivity (Wildman–Crippen MR) is 141 cm³/mol.